The van der Waals surface area contributed by atoms with E-state index in [0.717, 1.165) is 0 Å². The molecule has 1 rings (SSSR count). The Morgan fingerprint density at radius 1 is 1.05 bits per heavy atom. The summed E-state index contributed by atoms with van der Waals surface area (Å²) in [5, 5.41) is 2.65. The predicted octanol–water partition coefficient (Wildman–Crippen LogP) is 1.36. The monoisotopic (exact) mass is 293 g/mol. The van der Waals surface area contributed by atoms with Crippen LogP contribution in [0.5, 0.6) is 0 Å². The minimum atomic E-state index is -0.730. The van der Waals surface area contributed by atoms with Crippen LogP contribution < -0.4 is 5.32 Å². The van der Waals surface area contributed by atoms with E-state index in [-0.39, 0.29) is 12.5 Å². The van der Waals surface area contributed by atoms with E-state index < -0.39 is 24.1 Å². The number of carbonyl (C=O) groups is 3. The average molecular weight is 293 g/mol. The van der Waals surface area contributed by atoms with Crippen LogP contribution in [-0.2, 0) is 23.9 Å². The molecule has 6 heteroatoms. The molecule has 0 aliphatic heterocycles. The second-order valence-electron chi connectivity index (χ2n) is 4.55. The van der Waals surface area contributed by atoms with Crippen molar-refractivity contribution in [2.45, 2.75) is 32.9 Å². The number of amides is 1. The van der Waals surface area contributed by atoms with Crippen LogP contribution in [0.3, 0.4) is 0 Å². The molecular formula is C15H19NO5. The van der Waals surface area contributed by atoms with E-state index in [0.29, 0.717) is 5.56 Å². The minimum absolute atomic E-state index is 0.0816. The van der Waals surface area contributed by atoms with Gasteiger partial charge in [0.05, 0.1) is 0 Å². The van der Waals surface area contributed by atoms with Gasteiger partial charge in [0.1, 0.15) is 12.6 Å². The molecular weight excluding hydrogens is 274 g/mol. The van der Waals surface area contributed by atoms with E-state index in [1.165, 1.54) is 20.8 Å². The van der Waals surface area contributed by atoms with Crippen LogP contribution in [-0.4, -0.2) is 30.5 Å². The quantitative estimate of drug-likeness (QED) is 0.801. The van der Waals surface area contributed by atoms with Crippen molar-refractivity contribution < 1.29 is 23.9 Å². The lowest BCUT2D eigenvalue weighted by molar-refractivity contribution is -0.152. The third kappa shape index (κ3) is 6.07. The van der Waals surface area contributed by atoms with Crippen LogP contribution in [0.4, 0.5) is 0 Å². The van der Waals surface area contributed by atoms with Gasteiger partial charge in [-0.25, -0.2) is 0 Å². The molecule has 1 N–H and O–H groups in total. The Bertz CT molecular complexity index is 500. The zero-order valence-electron chi connectivity index (χ0n) is 12.3. The van der Waals surface area contributed by atoms with E-state index >= 15 is 0 Å². The molecule has 0 aromatic heterocycles. The van der Waals surface area contributed by atoms with E-state index in [1.54, 1.807) is 24.3 Å². The van der Waals surface area contributed by atoms with Crippen LogP contribution >= 0.6 is 0 Å². The molecule has 6 nitrogen and oxygen atoms in total. The molecule has 1 aromatic rings. The Kier molecular flexibility index (Phi) is 6.39. The van der Waals surface area contributed by atoms with E-state index in [2.05, 4.69) is 5.32 Å². The fourth-order valence-corrected chi connectivity index (χ4v) is 1.88. The summed E-state index contributed by atoms with van der Waals surface area (Å²) in [6, 6.07) is 8.31. The average Bonchev–Trinajstić information content (AvgIpc) is 2.41. The number of nitrogens with one attached hydrogen (secondary N) is 1. The predicted molar refractivity (Wildman–Crippen MR) is 75.2 cm³/mol. The number of esters is 2. The second-order valence-corrected chi connectivity index (χ2v) is 4.55. The Morgan fingerprint density at radius 3 is 2.14 bits per heavy atom. The first kappa shape index (κ1) is 16.7. The maximum Gasteiger partial charge on any atom is 0.303 e. The van der Waals surface area contributed by atoms with E-state index in [1.807, 2.05) is 6.07 Å². The van der Waals surface area contributed by atoms with Crippen molar-refractivity contribution in [3.8, 4) is 0 Å². The van der Waals surface area contributed by atoms with Crippen molar-refractivity contribution in [1.82, 2.24) is 5.32 Å². The number of hydrogen-bond acceptors (Lipinski definition) is 5. The molecule has 0 saturated heterocycles. The van der Waals surface area contributed by atoms with Crippen molar-refractivity contribution >= 4 is 17.8 Å². The van der Waals surface area contributed by atoms with Crippen molar-refractivity contribution in [1.29, 1.82) is 0 Å². The van der Waals surface area contributed by atoms with Crippen molar-refractivity contribution in [2.24, 2.45) is 0 Å². The number of ether oxygens (including phenoxy) is 2. The van der Waals surface area contributed by atoms with Crippen LogP contribution in [0.2, 0.25) is 0 Å². The zero-order valence-corrected chi connectivity index (χ0v) is 12.3. The van der Waals surface area contributed by atoms with Gasteiger partial charge in [0.15, 0.2) is 6.10 Å². The number of rotatable bonds is 6. The van der Waals surface area contributed by atoms with Gasteiger partial charge in [0, 0.05) is 20.8 Å². The molecule has 0 aliphatic carbocycles. The van der Waals surface area contributed by atoms with Gasteiger partial charge in [0.25, 0.3) is 0 Å². The van der Waals surface area contributed by atoms with Crippen molar-refractivity contribution in [3.05, 3.63) is 35.9 Å². The Hall–Kier alpha value is -2.37. The highest BCUT2D eigenvalue weighted by Gasteiger charge is 2.28. The molecule has 0 heterocycles. The van der Waals surface area contributed by atoms with Gasteiger partial charge in [-0.15, -0.1) is 0 Å². The smallest absolute Gasteiger partial charge is 0.303 e. The van der Waals surface area contributed by atoms with Crippen LogP contribution in [0.25, 0.3) is 0 Å². The molecule has 0 aliphatic rings. The summed E-state index contributed by atoms with van der Waals surface area (Å²) in [6.45, 7) is 3.82. The lowest BCUT2D eigenvalue weighted by Gasteiger charge is -2.27. The molecule has 0 fully saturated rings. The second kappa shape index (κ2) is 8.04. The zero-order chi connectivity index (χ0) is 15.8. The van der Waals surface area contributed by atoms with Gasteiger partial charge in [-0.3, -0.25) is 14.4 Å². The molecule has 0 spiro atoms. The highest BCUT2D eigenvalue weighted by molar-refractivity contribution is 5.73. The number of benzene rings is 1. The Labute approximate surface area is 123 Å². The summed E-state index contributed by atoms with van der Waals surface area (Å²) in [6.07, 6.45) is -0.730. The molecule has 114 valence electrons. The summed E-state index contributed by atoms with van der Waals surface area (Å²) in [5.74, 6) is -1.26. The fourth-order valence-electron chi connectivity index (χ4n) is 1.88. The van der Waals surface area contributed by atoms with E-state index in [9.17, 15) is 14.4 Å². The van der Waals surface area contributed by atoms with Gasteiger partial charge in [-0.05, 0) is 5.56 Å². The summed E-state index contributed by atoms with van der Waals surface area (Å²) >= 11 is 0. The number of carbonyl (C=O) groups excluding carboxylic acids is 3. The lowest BCUT2D eigenvalue weighted by atomic mass is 10.0. The molecule has 0 radical (unpaired) electrons. The Balaban J connectivity index is 3.00. The van der Waals surface area contributed by atoms with Crippen molar-refractivity contribution in [2.75, 3.05) is 6.61 Å². The topological polar surface area (TPSA) is 81.7 Å². The van der Waals surface area contributed by atoms with Crippen LogP contribution in [0, 0.1) is 0 Å². The van der Waals surface area contributed by atoms with Crippen LogP contribution in [0.1, 0.15) is 32.4 Å². The number of hydrogen-bond donors (Lipinski definition) is 1. The van der Waals surface area contributed by atoms with Gasteiger partial charge in [0.2, 0.25) is 5.91 Å². The molecule has 2 atom stereocenters. The Morgan fingerprint density at radius 2 is 1.67 bits per heavy atom. The molecule has 21 heavy (non-hydrogen) atoms. The highest BCUT2D eigenvalue weighted by Crippen LogP contribution is 2.22. The van der Waals surface area contributed by atoms with Gasteiger partial charge >= 0.3 is 11.9 Å². The first-order valence-corrected chi connectivity index (χ1v) is 6.52. The summed E-state index contributed by atoms with van der Waals surface area (Å²) in [7, 11) is 0. The molecule has 0 saturated carbocycles. The molecule has 1 amide bonds. The summed E-state index contributed by atoms with van der Waals surface area (Å²) < 4.78 is 10.2. The fraction of sp³-hybridized carbons (Fsp3) is 0.400. The van der Waals surface area contributed by atoms with Gasteiger partial charge in [-0.1, -0.05) is 30.3 Å². The maximum atomic E-state index is 11.3. The highest BCUT2D eigenvalue weighted by atomic mass is 16.6. The lowest BCUT2D eigenvalue weighted by Crippen LogP contribution is -2.43. The minimum Gasteiger partial charge on any atom is -0.464 e. The molecule has 0 bridgehead atoms. The normalized spacial score (nSPS) is 12.9. The first-order valence-electron chi connectivity index (χ1n) is 6.52. The largest absolute Gasteiger partial charge is 0.464 e. The first-order chi connectivity index (χ1) is 9.90. The maximum absolute atomic E-state index is 11.3. The third-order valence-corrected chi connectivity index (χ3v) is 2.64. The molecule has 0 unspecified atom stereocenters. The summed E-state index contributed by atoms with van der Waals surface area (Å²) in [4.78, 5) is 33.6. The summed E-state index contributed by atoms with van der Waals surface area (Å²) in [5.41, 5.74) is 0.707. The van der Waals surface area contributed by atoms with E-state index in [4.69, 9.17) is 9.47 Å². The van der Waals surface area contributed by atoms with Gasteiger partial charge < -0.3 is 14.8 Å². The van der Waals surface area contributed by atoms with Gasteiger partial charge in [-0.2, -0.15) is 0 Å². The van der Waals surface area contributed by atoms with Crippen molar-refractivity contribution in [3.63, 3.8) is 0 Å². The molecule has 1 aromatic carbocycles. The third-order valence-electron chi connectivity index (χ3n) is 2.64. The SMILES string of the molecule is CC(=O)N[C@H](COC(C)=O)[C@H](OC(C)=O)c1ccccc1. The standard InChI is InChI=1S/C15H19NO5/c1-10(17)16-14(9-20-11(2)18)15(21-12(3)19)13-7-5-4-6-8-13/h4-8,14-15H,9H2,1-3H3,(H,16,17)/t14-,15-/m1/s1. The van der Waals surface area contributed by atoms with Crippen LogP contribution in [0.15, 0.2) is 30.3 Å².